The van der Waals surface area contributed by atoms with E-state index < -0.39 is 16.4 Å². The van der Waals surface area contributed by atoms with Crippen molar-refractivity contribution in [2.24, 2.45) is 0 Å². The summed E-state index contributed by atoms with van der Waals surface area (Å²) in [5.74, 6) is -1.03. The minimum absolute atomic E-state index is 0.194. The molecule has 102 valence electrons. The van der Waals surface area contributed by atoms with E-state index in [0.29, 0.717) is 5.56 Å². The minimum Gasteiger partial charge on any atom is -0.458 e. The zero-order valence-corrected chi connectivity index (χ0v) is 12.3. The van der Waals surface area contributed by atoms with Crippen LogP contribution >= 0.6 is 11.6 Å². The quantitative estimate of drug-likeness (QED) is 0.451. The van der Waals surface area contributed by atoms with E-state index in [1.54, 1.807) is 26.8 Å². The second kappa shape index (κ2) is 4.34. The van der Waals surface area contributed by atoms with Crippen molar-refractivity contribution in [3.63, 3.8) is 0 Å². The molecule has 1 aromatic rings. The van der Waals surface area contributed by atoms with E-state index in [9.17, 15) is 9.59 Å². The van der Waals surface area contributed by atoms with Crippen molar-refractivity contribution in [3.8, 4) is 0 Å². The molecule has 0 saturated carbocycles. The Kier molecular flexibility index (Phi) is 3.21. The fourth-order valence-electron chi connectivity index (χ4n) is 2.17. The van der Waals surface area contributed by atoms with Gasteiger partial charge in [-0.3, -0.25) is 4.79 Å². The minimum atomic E-state index is -1.61. The highest BCUT2D eigenvalue weighted by atomic mass is 35.5. The third-order valence-corrected chi connectivity index (χ3v) is 3.48. The summed E-state index contributed by atoms with van der Waals surface area (Å²) < 4.78 is 5.26. The van der Waals surface area contributed by atoms with Gasteiger partial charge in [0.1, 0.15) is 5.60 Å². The Bertz CT molecular complexity index is 557. The number of ether oxygens (including phenoxy) is 1. The van der Waals surface area contributed by atoms with Gasteiger partial charge in [-0.25, -0.2) is 4.79 Å². The molecule has 0 amide bonds. The van der Waals surface area contributed by atoms with Crippen molar-refractivity contribution < 1.29 is 14.3 Å². The summed E-state index contributed by atoms with van der Waals surface area (Å²) in [6.07, 6.45) is 0.194. The summed E-state index contributed by atoms with van der Waals surface area (Å²) >= 11 is 6.27. The van der Waals surface area contributed by atoms with Crippen LogP contribution in [0.1, 0.15) is 42.3 Å². The monoisotopic (exact) mass is 280 g/mol. The third-order valence-electron chi connectivity index (χ3n) is 3.02. The molecular weight excluding hydrogens is 264 g/mol. The van der Waals surface area contributed by atoms with E-state index in [-0.39, 0.29) is 12.2 Å². The second-order valence-electron chi connectivity index (χ2n) is 5.97. The lowest BCUT2D eigenvalue weighted by Gasteiger charge is -2.25. The maximum atomic E-state index is 12.3. The number of aryl methyl sites for hydroxylation is 1. The van der Waals surface area contributed by atoms with Crippen LogP contribution in [0.3, 0.4) is 0 Å². The molecule has 0 N–H and O–H groups in total. The number of carbonyl (C=O) groups is 2. The van der Waals surface area contributed by atoms with Gasteiger partial charge in [0.15, 0.2) is 5.78 Å². The zero-order valence-electron chi connectivity index (χ0n) is 11.5. The standard InChI is InChI=1S/C15H17ClO3/c1-9-5-6-11-10(7-9)8-15(16,12(11)17)13(18)19-14(2,3)4/h5-7H,8H2,1-4H3/t15-/m1/s1. The highest BCUT2D eigenvalue weighted by molar-refractivity contribution is 6.49. The molecule has 0 saturated heterocycles. The van der Waals surface area contributed by atoms with Crippen molar-refractivity contribution in [2.75, 3.05) is 0 Å². The molecule has 1 aliphatic carbocycles. The van der Waals surface area contributed by atoms with Crippen LogP contribution in [-0.4, -0.2) is 22.2 Å². The summed E-state index contributed by atoms with van der Waals surface area (Å²) in [6, 6.07) is 5.46. The van der Waals surface area contributed by atoms with E-state index in [1.165, 1.54) is 0 Å². The summed E-state index contributed by atoms with van der Waals surface area (Å²) in [7, 11) is 0. The Balaban J connectivity index is 2.34. The van der Waals surface area contributed by atoms with Crippen LogP contribution in [-0.2, 0) is 16.0 Å². The van der Waals surface area contributed by atoms with Gasteiger partial charge in [-0.05, 0) is 33.3 Å². The highest BCUT2D eigenvalue weighted by Gasteiger charge is 2.52. The molecule has 0 fully saturated rings. The van der Waals surface area contributed by atoms with Gasteiger partial charge in [-0.1, -0.05) is 35.4 Å². The summed E-state index contributed by atoms with van der Waals surface area (Å²) in [5, 5.41) is 0. The molecule has 19 heavy (non-hydrogen) atoms. The maximum absolute atomic E-state index is 12.3. The SMILES string of the molecule is Cc1ccc2c(c1)C[C@](Cl)(C(=O)OC(C)(C)C)C2=O. The van der Waals surface area contributed by atoms with E-state index in [2.05, 4.69) is 0 Å². The average molecular weight is 281 g/mol. The normalized spacial score (nSPS) is 22.3. The lowest BCUT2D eigenvalue weighted by molar-refractivity contribution is -0.156. The Labute approximate surface area is 117 Å². The smallest absolute Gasteiger partial charge is 0.336 e. The molecule has 1 aromatic carbocycles. The number of Topliss-reactive ketones (excluding diaryl/α,β-unsaturated/α-hetero) is 1. The molecule has 1 aliphatic rings. The molecule has 0 unspecified atom stereocenters. The Hall–Kier alpha value is -1.35. The maximum Gasteiger partial charge on any atom is 0.336 e. The van der Waals surface area contributed by atoms with Crippen LogP contribution in [0.15, 0.2) is 18.2 Å². The first kappa shape index (κ1) is 14.1. The number of hydrogen-bond acceptors (Lipinski definition) is 3. The van der Waals surface area contributed by atoms with Crippen molar-refractivity contribution in [1.29, 1.82) is 0 Å². The number of fused-ring (bicyclic) bond motifs is 1. The van der Waals surface area contributed by atoms with Gasteiger partial charge in [-0.2, -0.15) is 0 Å². The predicted molar refractivity (Wildman–Crippen MR) is 73.6 cm³/mol. The van der Waals surface area contributed by atoms with Crippen LogP contribution < -0.4 is 0 Å². The first-order valence-electron chi connectivity index (χ1n) is 6.20. The van der Waals surface area contributed by atoms with E-state index >= 15 is 0 Å². The number of rotatable bonds is 1. The molecule has 1 atom stereocenters. The largest absolute Gasteiger partial charge is 0.458 e. The lowest BCUT2D eigenvalue weighted by atomic mass is 10.0. The van der Waals surface area contributed by atoms with Gasteiger partial charge < -0.3 is 4.74 Å². The molecule has 0 radical (unpaired) electrons. The number of carbonyl (C=O) groups excluding carboxylic acids is 2. The number of alkyl halides is 1. The summed E-state index contributed by atoms with van der Waals surface area (Å²) in [6.45, 7) is 7.19. The van der Waals surface area contributed by atoms with Crippen molar-refractivity contribution >= 4 is 23.4 Å². The van der Waals surface area contributed by atoms with E-state index in [0.717, 1.165) is 11.1 Å². The van der Waals surface area contributed by atoms with Crippen LogP contribution in [0.4, 0.5) is 0 Å². The first-order valence-corrected chi connectivity index (χ1v) is 6.58. The van der Waals surface area contributed by atoms with Gasteiger partial charge in [-0.15, -0.1) is 0 Å². The number of halogens is 1. The highest BCUT2D eigenvalue weighted by Crippen LogP contribution is 2.37. The van der Waals surface area contributed by atoms with Crippen molar-refractivity contribution in [3.05, 3.63) is 34.9 Å². The van der Waals surface area contributed by atoms with E-state index in [1.807, 2.05) is 19.1 Å². The summed E-state index contributed by atoms with van der Waals surface area (Å²) in [5.41, 5.74) is 1.71. The zero-order chi connectivity index (χ0) is 14.4. The van der Waals surface area contributed by atoms with Gasteiger partial charge in [0.2, 0.25) is 4.87 Å². The second-order valence-corrected chi connectivity index (χ2v) is 6.61. The molecule has 2 rings (SSSR count). The third kappa shape index (κ3) is 2.52. The van der Waals surface area contributed by atoms with Crippen molar-refractivity contribution in [1.82, 2.24) is 0 Å². The number of ketones is 1. The topological polar surface area (TPSA) is 43.4 Å². The molecule has 3 nitrogen and oxygen atoms in total. The fraction of sp³-hybridized carbons (Fsp3) is 0.467. The van der Waals surface area contributed by atoms with Crippen LogP contribution in [0.25, 0.3) is 0 Å². The van der Waals surface area contributed by atoms with Crippen LogP contribution in [0.5, 0.6) is 0 Å². The fourth-order valence-corrected chi connectivity index (χ4v) is 2.45. The number of esters is 1. The van der Waals surface area contributed by atoms with Crippen LogP contribution in [0, 0.1) is 6.92 Å². The molecule has 0 bridgehead atoms. The Morgan fingerprint density at radius 3 is 2.58 bits per heavy atom. The molecule has 4 heteroatoms. The van der Waals surface area contributed by atoms with E-state index in [4.69, 9.17) is 16.3 Å². The number of benzene rings is 1. The lowest BCUT2D eigenvalue weighted by Crippen LogP contribution is -2.43. The van der Waals surface area contributed by atoms with Gasteiger partial charge in [0.05, 0.1) is 0 Å². The Morgan fingerprint density at radius 1 is 1.37 bits per heavy atom. The summed E-state index contributed by atoms with van der Waals surface area (Å²) in [4.78, 5) is 22.9. The molecule has 0 spiro atoms. The van der Waals surface area contributed by atoms with Gasteiger partial charge >= 0.3 is 5.97 Å². The Morgan fingerprint density at radius 2 is 2.00 bits per heavy atom. The molecular formula is C15H17ClO3. The van der Waals surface area contributed by atoms with Gasteiger partial charge in [0.25, 0.3) is 0 Å². The number of hydrogen-bond donors (Lipinski definition) is 0. The predicted octanol–water partition coefficient (Wildman–Crippen LogP) is 3.05. The first-order chi connectivity index (χ1) is 8.63. The van der Waals surface area contributed by atoms with Gasteiger partial charge in [0, 0.05) is 12.0 Å². The van der Waals surface area contributed by atoms with Crippen LogP contribution in [0.2, 0.25) is 0 Å². The average Bonchev–Trinajstić information content (AvgIpc) is 2.49. The molecule has 0 heterocycles. The van der Waals surface area contributed by atoms with Crippen molar-refractivity contribution in [2.45, 2.75) is 44.6 Å². The molecule has 0 aliphatic heterocycles. The molecule has 0 aromatic heterocycles.